The summed E-state index contributed by atoms with van der Waals surface area (Å²) in [7, 11) is 0. The summed E-state index contributed by atoms with van der Waals surface area (Å²) in [6.07, 6.45) is 5.99. The Balaban J connectivity index is 1.70. The number of amides is 1. The molecular formula is C18H27NO2. The van der Waals surface area contributed by atoms with Gasteiger partial charge in [0.1, 0.15) is 0 Å². The normalized spacial score (nSPS) is 22.0. The van der Waals surface area contributed by atoms with E-state index in [1.807, 2.05) is 0 Å². The molecule has 2 rings (SSSR count). The van der Waals surface area contributed by atoms with Crippen LogP contribution in [0.5, 0.6) is 0 Å². The smallest absolute Gasteiger partial charge is 0.220 e. The quantitative estimate of drug-likeness (QED) is 0.846. The minimum Gasteiger partial charge on any atom is -0.396 e. The molecule has 0 heterocycles. The molecule has 1 amide bonds. The van der Waals surface area contributed by atoms with Crippen LogP contribution in [0.25, 0.3) is 0 Å². The highest BCUT2D eigenvalue weighted by atomic mass is 16.3. The molecule has 0 spiro atoms. The van der Waals surface area contributed by atoms with Crippen molar-refractivity contribution in [1.29, 1.82) is 0 Å². The summed E-state index contributed by atoms with van der Waals surface area (Å²) < 4.78 is 0. The van der Waals surface area contributed by atoms with Gasteiger partial charge in [-0.25, -0.2) is 0 Å². The number of rotatable bonds is 6. The maximum absolute atomic E-state index is 11.9. The Morgan fingerprint density at radius 1 is 1.19 bits per heavy atom. The lowest BCUT2D eigenvalue weighted by molar-refractivity contribution is -0.121. The first-order chi connectivity index (χ1) is 10.2. The van der Waals surface area contributed by atoms with E-state index in [4.69, 9.17) is 0 Å². The standard InChI is InChI=1S/C18H27NO2/c1-14-6-8-15(9-7-14)10-11-18(21)19-12-16-4-2-3-5-17(16)13-20/h6-9,16-17,20H,2-5,10-13H2,1H3,(H,19,21). The predicted molar refractivity (Wildman–Crippen MR) is 85.0 cm³/mol. The molecule has 3 nitrogen and oxygen atoms in total. The number of aryl methyl sites for hydroxylation is 2. The molecule has 1 aliphatic carbocycles. The van der Waals surface area contributed by atoms with Gasteiger partial charge in [-0.3, -0.25) is 4.79 Å². The number of carbonyl (C=O) groups is 1. The molecular weight excluding hydrogens is 262 g/mol. The molecule has 0 saturated heterocycles. The van der Waals surface area contributed by atoms with Crippen LogP contribution in [-0.2, 0) is 11.2 Å². The molecule has 0 aromatic heterocycles. The second kappa shape index (κ2) is 8.18. The van der Waals surface area contributed by atoms with Crippen molar-refractivity contribution in [2.45, 2.75) is 45.4 Å². The van der Waals surface area contributed by atoms with Crippen molar-refractivity contribution in [2.24, 2.45) is 11.8 Å². The van der Waals surface area contributed by atoms with Crippen molar-refractivity contribution < 1.29 is 9.90 Å². The topological polar surface area (TPSA) is 49.3 Å². The average molecular weight is 289 g/mol. The van der Waals surface area contributed by atoms with E-state index in [2.05, 4.69) is 36.5 Å². The Bertz CT molecular complexity index is 441. The fourth-order valence-electron chi connectivity index (χ4n) is 3.14. The van der Waals surface area contributed by atoms with Gasteiger partial charge >= 0.3 is 0 Å². The van der Waals surface area contributed by atoms with Crippen molar-refractivity contribution in [2.75, 3.05) is 13.2 Å². The first-order valence-corrected chi connectivity index (χ1v) is 8.12. The average Bonchev–Trinajstić information content (AvgIpc) is 2.52. The van der Waals surface area contributed by atoms with Crippen LogP contribution < -0.4 is 5.32 Å². The molecule has 3 heteroatoms. The van der Waals surface area contributed by atoms with E-state index in [9.17, 15) is 9.90 Å². The van der Waals surface area contributed by atoms with E-state index in [1.54, 1.807) is 0 Å². The molecule has 0 aliphatic heterocycles. The third kappa shape index (κ3) is 5.16. The molecule has 21 heavy (non-hydrogen) atoms. The first kappa shape index (κ1) is 16.0. The van der Waals surface area contributed by atoms with E-state index in [0.717, 1.165) is 25.8 Å². The summed E-state index contributed by atoms with van der Waals surface area (Å²) in [4.78, 5) is 11.9. The van der Waals surface area contributed by atoms with E-state index >= 15 is 0 Å². The summed E-state index contributed by atoms with van der Waals surface area (Å²) in [6.45, 7) is 3.04. The monoisotopic (exact) mass is 289 g/mol. The highest BCUT2D eigenvalue weighted by Gasteiger charge is 2.24. The zero-order chi connectivity index (χ0) is 15.1. The number of nitrogens with one attached hydrogen (secondary N) is 1. The molecule has 1 aliphatic rings. The lowest BCUT2D eigenvalue weighted by Gasteiger charge is -2.30. The van der Waals surface area contributed by atoms with Gasteiger partial charge in [-0.05, 0) is 43.6 Å². The third-order valence-electron chi connectivity index (χ3n) is 4.62. The molecule has 2 N–H and O–H groups in total. The first-order valence-electron chi connectivity index (χ1n) is 8.12. The van der Waals surface area contributed by atoms with Crippen LogP contribution in [0.2, 0.25) is 0 Å². The molecule has 0 bridgehead atoms. The van der Waals surface area contributed by atoms with Crippen LogP contribution >= 0.6 is 0 Å². The second-order valence-electron chi connectivity index (χ2n) is 6.28. The summed E-state index contributed by atoms with van der Waals surface area (Å²) in [5.41, 5.74) is 2.46. The zero-order valence-electron chi connectivity index (χ0n) is 13.0. The van der Waals surface area contributed by atoms with Gasteiger partial charge in [-0.1, -0.05) is 42.7 Å². The van der Waals surface area contributed by atoms with Gasteiger partial charge in [0.15, 0.2) is 0 Å². The van der Waals surface area contributed by atoms with Crippen LogP contribution in [0.15, 0.2) is 24.3 Å². The SMILES string of the molecule is Cc1ccc(CCC(=O)NCC2CCCCC2CO)cc1. The summed E-state index contributed by atoms with van der Waals surface area (Å²) in [5, 5.41) is 12.4. The number of aliphatic hydroxyl groups excluding tert-OH is 1. The fourth-order valence-corrected chi connectivity index (χ4v) is 3.14. The maximum atomic E-state index is 11.9. The highest BCUT2D eigenvalue weighted by molar-refractivity contribution is 5.76. The van der Waals surface area contributed by atoms with Gasteiger partial charge in [0.2, 0.25) is 5.91 Å². The van der Waals surface area contributed by atoms with E-state index in [-0.39, 0.29) is 12.5 Å². The molecule has 1 saturated carbocycles. The molecule has 1 aromatic rings. The van der Waals surface area contributed by atoms with Crippen molar-refractivity contribution in [1.82, 2.24) is 5.32 Å². The Morgan fingerprint density at radius 2 is 1.86 bits per heavy atom. The number of aliphatic hydroxyl groups is 1. The van der Waals surface area contributed by atoms with Crippen LogP contribution in [-0.4, -0.2) is 24.2 Å². The number of hydrogen-bond donors (Lipinski definition) is 2. The molecule has 1 fully saturated rings. The Hall–Kier alpha value is -1.35. The van der Waals surface area contributed by atoms with Crippen molar-refractivity contribution in [3.8, 4) is 0 Å². The summed E-state index contributed by atoms with van der Waals surface area (Å²) in [6, 6.07) is 8.35. The highest BCUT2D eigenvalue weighted by Crippen LogP contribution is 2.29. The largest absolute Gasteiger partial charge is 0.396 e. The fraction of sp³-hybridized carbons (Fsp3) is 0.611. The van der Waals surface area contributed by atoms with Crippen LogP contribution in [0, 0.1) is 18.8 Å². The lowest BCUT2D eigenvalue weighted by Crippen LogP contribution is -2.35. The predicted octanol–water partition coefficient (Wildman–Crippen LogP) is 2.84. The summed E-state index contributed by atoms with van der Waals surface area (Å²) in [5.74, 6) is 0.945. The third-order valence-corrected chi connectivity index (χ3v) is 4.62. The molecule has 116 valence electrons. The van der Waals surface area contributed by atoms with Crippen LogP contribution in [0.1, 0.15) is 43.2 Å². The van der Waals surface area contributed by atoms with Gasteiger partial charge in [-0.15, -0.1) is 0 Å². The number of carbonyl (C=O) groups excluding carboxylic acids is 1. The van der Waals surface area contributed by atoms with E-state index in [0.29, 0.717) is 18.3 Å². The molecule has 2 atom stereocenters. The van der Waals surface area contributed by atoms with Gasteiger partial charge in [0, 0.05) is 19.6 Å². The van der Waals surface area contributed by atoms with Gasteiger partial charge in [-0.2, -0.15) is 0 Å². The van der Waals surface area contributed by atoms with Gasteiger partial charge in [0.05, 0.1) is 0 Å². The maximum Gasteiger partial charge on any atom is 0.220 e. The minimum atomic E-state index is 0.123. The van der Waals surface area contributed by atoms with Gasteiger partial charge in [0.25, 0.3) is 0 Å². The lowest BCUT2D eigenvalue weighted by atomic mass is 9.79. The zero-order valence-corrected chi connectivity index (χ0v) is 13.0. The van der Waals surface area contributed by atoms with Crippen molar-refractivity contribution in [3.63, 3.8) is 0 Å². The summed E-state index contributed by atoms with van der Waals surface area (Å²) >= 11 is 0. The van der Waals surface area contributed by atoms with Crippen LogP contribution in [0.4, 0.5) is 0 Å². The number of benzene rings is 1. The molecule has 0 radical (unpaired) electrons. The Kier molecular flexibility index (Phi) is 6.24. The number of hydrogen-bond acceptors (Lipinski definition) is 2. The van der Waals surface area contributed by atoms with Crippen molar-refractivity contribution in [3.05, 3.63) is 35.4 Å². The van der Waals surface area contributed by atoms with Crippen molar-refractivity contribution >= 4 is 5.91 Å². The second-order valence-corrected chi connectivity index (χ2v) is 6.28. The Morgan fingerprint density at radius 3 is 2.52 bits per heavy atom. The van der Waals surface area contributed by atoms with E-state index < -0.39 is 0 Å². The van der Waals surface area contributed by atoms with E-state index in [1.165, 1.54) is 24.0 Å². The van der Waals surface area contributed by atoms with Crippen LogP contribution in [0.3, 0.4) is 0 Å². The molecule has 1 aromatic carbocycles. The van der Waals surface area contributed by atoms with Gasteiger partial charge < -0.3 is 10.4 Å². The molecule has 2 unspecified atom stereocenters. The Labute approximate surface area is 127 Å². The minimum absolute atomic E-state index is 0.123.